The molecule has 1 aliphatic rings. The zero-order valence-electron chi connectivity index (χ0n) is 14.0. The Morgan fingerprint density at radius 1 is 1.15 bits per heavy atom. The summed E-state index contributed by atoms with van der Waals surface area (Å²) in [5.41, 5.74) is 1.34. The van der Waals surface area contributed by atoms with Crippen molar-refractivity contribution < 1.29 is 19.1 Å². The maximum absolute atomic E-state index is 12.8. The third-order valence-corrected chi connectivity index (χ3v) is 5.96. The van der Waals surface area contributed by atoms with Gasteiger partial charge in [-0.3, -0.25) is 9.59 Å². The van der Waals surface area contributed by atoms with Gasteiger partial charge in [-0.05, 0) is 42.3 Å². The van der Waals surface area contributed by atoms with Gasteiger partial charge in [0.2, 0.25) is 5.91 Å². The average Bonchev–Trinajstić information content (AvgIpc) is 2.89. The quantitative estimate of drug-likeness (QED) is 0.638. The van der Waals surface area contributed by atoms with E-state index in [1.807, 2.05) is 6.07 Å². The number of hydrogen-bond acceptors (Lipinski definition) is 5. The van der Waals surface area contributed by atoms with Crippen molar-refractivity contribution >= 4 is 56.1 Å². The van der Waals surface area contributed by atoms with Crippen LogP contribution in [0.15, 0.2) is 40.9 Å². The standard InChI is InChI=1S/C18H15BrClNO4S/c1-24-14-6-10(13(19)9-15(14)25-2)7-16-17(22)21(18(23)26-16)12-5-3-4-11(20)8-12/h3-6,8-9,16H,7H2,1-2H3/t16-/m1/s1. The highest BCUT2D eigenvalue weighted by molar-refractivity contribution is 9.10. The number of benzene rings is 2. The van der Waals surface area contributed by atoms with Gasteiger partial charge in [0.15, 0.2) is 11.5 Å². The van der Waals surface area contributed by atoms with E-state index >= 15 is 0 Å². The Balaban J connectivity index is 1.86. The Labute approximate surface area is 168 Å². The number of carbonyl (C=O) groups excluding carboxylic acids is 2. The van der Waals surface area contributed by atoms with Gasteiger partial charge in [-0.25, -0.2) is 4.90 Å². The lowest BCUT2D eigenvalue weighted by Gasteiger charge is -2.15. The molecule has 1 heterocycles. The Bertz CT molecular complexity index is 876. The Hall–Kier alpha value is -1.70. The molecule has 2 amide bonds. The first-order chi connectivity index (χ1) is 12.4. The van der Waals surface area contributed by atoms with Crippen LogP contribution >= 0.6 is 39.3 Å². The van der Waals surface area contributed by atoms with Gasteiger partial charge >= 0.3 is 0 Å². The highest BCUT2D eigenvalue weighted by atomic mass is 79.9. The van der Waals surface area contributed by atoms with E-state index in [2.05, 4.69) is 15.9 Å². The lowest BCUT2D eigenvalue weighted by Crippen LogP contribution is -2.32. The number of amides is 2. The normalized spacial score (nSPS) is 16.9. The van der Waals surface area contributed by atoms with Crippen molar-refractivity contribution in [3.63, 3.8) is 0 Å². The fourth-order valence-corrected chi connectivity index (χ4v) is 4.37. The molecule has 3 rings (SSSR count). The molecule has 0 N–H and O–H groups in total. The second-order valence-corrected chi connectivity index (χ2v) is 7.97. The van der Waals surface area contributed by atoms with Gasteiger partial charge in [0.1, 0.15) is 0 Å². The molecule has 1 fully saturated rings. The molecule has 5 nitrogen and oxygen atoms in total. The summed E-state index contributed by atoms with van der Waals surface area (Å²) in [6, 6.07) is 10.3. The molecule has 0 aliphatic carbocycles. The van der Waals surface area contributed by atoms with Crippen molar-refractivity contribution in [3.8, 4) is 11.5 Å². The van der Waals surface area contributed by atoms with Crippen molar-refractivity contribution in [1.29, 1.82) is 0 Å². The predicted molar refractivity (Wildman–Crippen MR) is 107 cm³/mol. The Kier molecular flexibility index (Phi) is 5.79. The van der Waals surface area contributed by atoms with E-state index < -0.39 is 5.25 Å². The monoisotopic (exact) mass is 455 g/mol. The molecule has 0 radical (unpaired) electrons. The molecule has 0 spiro atoms. The molecule has 0 saturated carbocycles. The summed E-state index contributed by atoms with van der Waals surface area (Å²) in [6.45, 7) is 0. The highest BCUT2D eigenvalue weighted by Crippen LogP contribution is 2.38. The van der Waals surface area contributed by atoms with Crippen LogP contribution in [0, 0.1) is 0 Å². The smallest absolute Gasteiger partial charge is 0.293 e. The lowest BCUT2D eigenvalue weighted by molar-refractivity contribution is -0.117. The van der Waals surface area contributed by atoms with Gasteiger partial charge in [-0.1, -0.05) is 45.4 Å². The molecule has 2 aromatic rings. The SMILES string of the molecule is COc1cc(Br)c(C[C@H]2SC(=O)N(c3cccc(Cl)c3)C2=O)cc1OC. The topological polar surface area (TPSA) is 55.8 Å². The summed E-state index contributed by atoms with van der Waals surface area (Å²) in [7, 11) is 3.11. The van der Waals surface area contributed by atoms with Crippen LogP contribution in [0.25, 0.3) is 0 Å². The van der Waals surface area contributed by atoms with Crippen molar-refractivity contribution in [1.82, 2.24) is 0 Å². The molecule has 0 aromatic heterocycles. The number of rotatable bonds is 5. The molecule has 1 atom stereocenters. The number of nitrogens with zero attached hydrogens (tertiary/aromatic N) is 1. The van der Waals surface area contributed by atoms with E-state index in [-0.39, 0.29) is 11.1 Å². The molecule has 0 bridgehead atoms. The molecular weight excluding hydrogens is 442 g/mol. The van der Waals surface area contributed by atoms with Crippen LogP contribution < -0.4 is 14.4 Å². The maximum atomic E-state index is 12.8. The fourth-order valence-electron chi connectivity index (χ4n) is 2.69. The summed E-state index contributed by atoms with van der Waals surface area (Å²) in [5.74, 6) is 0.897. The first-order valence-electron chi connectivity index (χ1n) is 7.65. The summed E-state index contributed by atoms with van der Waals surface area (Å²) in [6.07, 6.45) is 0.382. The molecule has 1 aliphatic heterocycles. The summed E-state index contributed by atoms with van der Waals surface area (Å²) >= 11 is 10.5. The average molecular weight is 457 g/mol. The number of ether oxygens (including phenoxy) is 2. The zero-order chi connectivity index (χ0) is 18.8. The molecule has 2 aromatic carbocycles. The molecule has 26 heavy (non-hydrogen) atoms. The Morgan fingerprint density at radius 2 is 1.85 bits per heavy atom. The van der Waals surface area contributed by atoms with Gasteiger partial charge in [0, 0.05) is 9.50 Å². The van der Waals surface area contributed by atoms with Gasteiger partial charge < -0.3 is 9.47 Å². The van der Waals surface area contributed by atoms with Gasteiger partial charge in [0.05, 0.1) is 25.2 Å². The number of methoxy groups -OCH3 is 2. The minimum Gasteiger partial charge on any atom is -0.493 e. The van der Waals surface area contributed by atoms with E-state index in [4.69, 9.17) is 21.1 Å². The van der Waals surface area contributed by atoms with E-state index in [1.165, 1.54) is 4.90 Å². The summed E-state index contributed by atoms with van der Waals surface area (Å²) in [5, 5.41) is -0.353. The fraction of sp³-hybridized carbons (Fsp3) is 0.222. The minimum absolute atomic E-state index is 0.260. The van der Waals surface area contributed by atoms with E-state index in [0.29, 0.717) is 28.6 Å². The van der Waals surface area contributed by atoms with Crippen molar-refractivity contribution in [2.75, 3.05) is 19.1 Å². The molecule has 136 valence electrons. The van der Waals surface area contributed by atoms with E-state index in [0.717, 1.165) is 21.8 Å². The van der Waals surface area contributed by atoms with E-state index in [9.17, 15) is 9.59 Å². The second kappa shape index (κ2) is 7.90. The third-order valence-electron chi connectivity index (χ3n) is 3.95. The number of thioether (sulfide) groups is 1. The zero-order valence-corrected chi connectivity index (χ0v) is 17.2. The van der Waals surface area contributed by atoms with Crippen LogP contribution in [-0.2, 0) is 11.2 Å². The van der Waals surface area contributed by atoms with Crippen LogP contribution in [0.1, 0.15) is 5.56 Å². The number of carbonyl (C=O) groups is 2. The van der Waals surface area contributed by atoms with E-state index in [1.54, 1.807) is 44.6 Å². The highest BCUT2D eigenvalue weighted by Gasteiger charge is 2.40. The van der Waals surface area contributed by atoms with Crippen LogP contribution in [0.2, 0.25) is 5.02 Å². The van der Waals surface area contributed by atoms with Crippen molar-refractivity contribution in [2.24, 2.45) is 0 Å². The number of halogens is 2. The lowest BCUT2D eigenvalue weighted by atomic mass is 10.1. The largest absolute Gasteiger partial charge is 0.493 e. The van der Waals surface area contributed by atoms with Crippen LogP contribution in [0.3, 0.4) is 0 Å². The van der Waals surface area contributed by atoms with Gasteiger partial charge in [-0.2, -0.15) is 0 Å². The summed E-state index contributed by atoms with van der Waals surface area (Å²) < 4.78 is 11.4. The number of hydrogen-bond donors (Lipinski definition) is 0. The van der Waals surface area contributed by atoms with Gasteiger partial charge in [-0.15, -0.1) is 0 Å². The van der Waals surface area contributed by atoms with Gasteiger partial charge in [0.25, 0.3) is 5.24 Å². The third kappa shape index (κ3) is 3.70. The molecule has 8 heteroatoms. The number of anilines is 1. The Morgan fingerprint density at radius 3 is 2.50 bits per heavy atom. The van der Waals surface area contributed by atoms with Crippen LogP contribution in [0.5, 0.6) is 11.5 Å². The summed E-state index contributed by atoms with van der Waals surface area (Å²) in [4.78, 5) is 26.3. The molecule has 1 saturated heterocycles. The first kappa shape index (κ1) is 19.1. The number of imide groups is 1. The first-order valence-corrected chi connectivity index (χ1v) is 9.70. The van der Waals surface area contributed by atoms with Crippen LogP contribution in [0.4, 0.5) is 10.5 Å². The molecular formula is C18H15BrClNO4S. The van der Waals surface area contributed by atoms with Crippen molar-refractivity contribution in [3.05, 3.63) is 51.5 Å². The minimum atomic E-state index is -0.518. The predicted octanol–water partition coefficient (Wildman–Crippen LogP) is 4.93. The molecule has 0 unspecified atom stereocenters. The second-order valence-electron chi connectivity index (χ2n) is 5.53. The van der Waals surface area contributed by atoms with Crippen LogP contribution in [-0.4, -0.2) is 30.6 Å². The van der Waals surface area contributed by atoms with Crippen molar-refractivity contribution in [2.45, 2.75) is 11.7 Å². The maximum Gasteiger partial charge on any atom is 0.293 e.